The monoisotopic (exact) mass is 1810 g/mol. The number of aliphatic hydroxyl groups is 1. The number of benzene rings is 13. The number of carbonyl (C=O) groups is 4. The number of hydrogen-bond acceptors (Lipinski definition) is 16. The molecule has 7 fully saturated rings. The maximum absolute atomic E-state index is 12.9. The van der Waals surface area contributed by atoms with Gasteiger partial charge in [0.2, 0.25) is 5.54 Å². The number of aliphatic carboxylic acids is 2. The zero-order valence-electron chi connectivity index (χ0n) is 76.3. The highest BCUT2D eigenvalue weighted by Gasteiger charge is 2.58. The molecule has 13 aromatic rings. The molecule has 0 saturated carbocycles. The summed E-state index contributed by atoms with van der Waals surface area (Å²) < 4.78 is 10.5. The second-order valence-electron chi connectivity index (χ2n) is 35.5. The highest BCUT2D eigenvalue weighted by molar-refractivity contribution is 6.05. The zero-order chi connectivity index (χ0) is 92.6. The predicted molar refractivity (Wildman–Crippen MR) is 542 cm³/mol. The van der Waals surface area contributed by atoms with E-state index in [4.69, 9.17) is 19.7 Å². The van der Waals surface area contributed by atoms with Crippen LogP contribution in [0.2, 0.25) is 0 Å². The normalized spacial score (nSPS) is 23.9. The summed E-state index contributed by atoms with van der Waals surface area (Å²) in [4.78, 5) is 47.7. The highest BCUT2D eigenvalue weighted by atomic mass is 16.6. The summed E-state index contributed by atoms with van der Waals surface area (Å²) in [5.74, 6) is -0.983. The summed E-state index contributed by atoms with van der Waals surface area (Å²) in [6, 6.07) is 137. The fourth-order valence-electron chi connectivity index (χ4n) is 19.7. The number of aliphatic hydroxyl groups excluding tert-OH is 1. The molecule has 0 aliphatic carbocycles. The zero-order valence-corrected chi connectivity index (χ0v) is 76.3. The number of carboxylic acid groups (broad SMARTS) is 2. The quantitative estimate of drug-likeness (QED) is 0.0250. The van der Waals surface area contributed by atoms with Gasteiger partial charge in [-0.05, 0) is 145 Å². The van der Waals surface area contributed by atoms with Crippen LogP contribution in [0.15, 0.2) is 394 Å². The lowest BCUT2D eigenvalue weighted by atomic mass is 9.84. The van der Waals surface area contributed by atoms with Gasteiger partial charge in [-0.2, -0.15) is 0 Å². The van der Waals surface area contributed by atoms with E-state index in [-0.39, 0.29) is 76.0 Å². The molecule has 0 amide bonds. The Morgan fingerprint density at radius 2 is 0.659 bits per heavy atom. The number of rotatable bonds is 20. The van der Waals surface area contributed by atoms with Crippen LogP contribution in [0.25, 0.3) is 0 Å². The standard InChI is InChI=1S/C22H25NO4.C22H21N.C18H21N.C17H17NO2.C16H17N.C11H14N2O2.C9H12N2O.2CH4/c1-3-26-20(24)22(21(25)27-4-2)15-18(16-11-7-5-8-12-16)19(23-22)17-13-9-6-10-14-17;1-4-10-17(11-5-1)20-16-21(18-12-6-2-7-13-18)23-22(20)19-14-8-3-9-15-19;1-18(2)13-16(14-9-5-3-6-10-14)17(19-18)15-11-7-4-8-12-15;19-17(20)15-11-14(12-7-3-1-4-8-12)16(18-15)13-9-5-2-6-10-13;1-3-7-13(8-4-1)15-11-12-17-16(15)14-9-5-2-6-10-14;14-11(15)10-12-7-9(13-10)6-8-4-2-1-3-5-8;12-9-10-6-8(11-9)7-4-2-1-3-5-7;;/h5-14,18-19,23H,3-4,15H2,1-2H3;1-15,20-23H,16H2;3-12,16-17,19H,13H2,1-2H3;1-10,14-16,18H,11H2,(H,19,20);1-10,15-17H,11-12H2;1-5,9-10,12-13H,6-7H2,(H,14,15);1-5,8-12H,6H2;2*1H4/t18-,19-;20-,21?,22-;16-,17-;14-,15?,16-;15-,16-;9-,10?;8-,9?;;/m1111110../s1. The first-order valence-corrected chi connectivity index (χ1v) is 46.9. The molecule has 18 nitrogen and oxygen atoms in total. The molecule has 7 aliphatic heterocycles. The molecule has 20 rings (SSSR count). The fraction of sp³-hybridized carbons (Fsp3) is 0.299. The van der Waals surface area contributed by atoms with Gasteiger partial charge < -0.3 is 40.7 Å². The van der Waals surface area contributed by atoms with Gasteiger partial charge in [-0.3, -0.25) is 36.7 Å². The molecule has 7 heterocycles. The lowest BCUT2D eigenvalue weighted by Crippen LogP contribution is -2.56. The summed E-state index contributed by atoms with van der Waals surface area (Å²) in [5, 5.41) is 56.9. The van der Waals surface area contributed by atoms with Crippen LogP contribution in [0.3, 0.4) is 0 Å². The molecule has 18 heteroatoms. The molecule has 12 N–H and O–H groups in total. The van der Waals surface area contributed by atoms with Crippen molar-refractivity contribution in [3.05, 3.63) is 467 Å². The summed E-state index contributed by atoms with van der Waals surface area (Å²) in [6.07, 6.45) is 4.15. The molecule has 702 valence electrons. The molecular formula is C117H135N9O9. The minimum absolute atomic E-state index is 0. The molecule has 7 saturated heterocycles. The Balaban J connectivity index is 0.000000143. The average Bonchev–Trinajstić information content (AvgIpc) is 1.60. The Morgan fingerprint density at radius 3 is 1.04 bits per heavy atom. The Bertz CT molecular complexity index is 5350. The Morgan fingerprint density at radius 1 is 0.326 bits per heavy atom. The van der Waals surface area contributed by atoms with Crippen LogP contribution in [0.4, 0.5) is 0 Å². The van der Waals surface area contributed by atoms with E-state index >= 15 is 0 Å². The van der Waals surface area contributed by atoms with Gasteiger partial charge in [0.1, 0.15) is 6.04 Å². The van der Waals surface area contributed by atoms with Crippen LogP contribution in [-0.4, -0.2) is 108 Å². The topological polar surface area (TPSA) is 256 Å². The summed E-state index contributed by atoms with van der Waals surface area (Å²) in [5.41, 5.74) is 15.4. The molecule has 4 unspecified atom stereocenters. The van der Waals surface area contributed by atoms with Crippen LogP contribution in [0.1, 0.15) is 219 Å². The van der Waals surface area contributed by atoms with E-state index < -0.39 is 48.0 Å². The van der Waals surface area contributed by atoms with Crippen molar-refractivity contribution < 1.29 is 44.0 Å². The third kappa shape index (κ3) is 27.8. The van der Waals surface area contributed by atoms with E-state index in [9.17, 15) is 24.3 Å². The SMILES string of the molecule is C.C.CC1(C)C[C@H](c2ccccc2)[C@@H](c2ccccc2)N1.CCOC(=O)C1(C(=O)OCC)C[C@H](c2ccccc2)[C@@H](c2ccccc2)N1.O=C(O)C1C[C@H](c2ccccc2)[C@@H](c2ccccc2)N1.O=C(O)C1NC[C@@H](Cc2ccccc2)N1.OC1NC[C@@H](c2ccccc2)N1.c1ccc(C2C[C@H](c3ccccc3)[C@@H](c3ccccc3)N2)cc1.c1ccc([C@H]2CCN[C@@H]2c2ccccc2)cc1. The highest BCUT2D eigenvalue weighted by Crippen LogP contribution is 2.49. The molecular weight excluding hydrogens is 1680 g/mol. The van der Waals surface area contributed by atoms with Crippen molar-refractivity contribution in [1.29, 1.82) is 0 Å². The van der Waals surface area contributed by atoms with Crippen molar-refractivity contribution >= 4 is 23.9 Å². The first-order valence-electron chi connectivity index (χ1n) is 46.9. The van der Waals surface area contributed by atoms with E-state index in [1.165, 1.54) is 68.5 Å². The third-order valence-electron chi connectivity index (χ3n) is 26.1. The molecule has 135 heavy (non-hydrogen) atoms. The van der Waals surface area contributed by atoms with Crippen LogP contribution in [0, 0.1) is 0 Å². The Labute approximate surface area is 799 Å². The van der Waals surface area contributed by atoms with E-state index in [0.29, 0.717) is 54.9 Å². The van der Waals surface area contributed by atoms with Gasteiger partial charge in [0.05, 0.1) is 13.2 Å². The van der Waals surface area contributed by atoms with Crippen molar-refractivity contribution in [2.75, 3.05) is 32.8 Å². The summed E-state index contributed by atoms with van der Waals surface area (Å²) in [7, 11) is 0. The second-order valence-corrected chi connectivity index (χ2v) is 35.5. The van der Waals surface area contributed by atoms with Gasteiger partial charge in [-0.1, -0.05) is 409 Å². The molecule has 16 atom stereocenters. The lowest BCUT2D eigenvalue weighted by Gasteiger charge is -2.25. The van der Waals surface area contributed by atoms with Crippen molar-refractivity contribution in [2.24, 2.45) is 0 Å². The number of ether oxygens (including phenoxy) is 2. The summed E-state index contributed by atoms with van der Waals surface area (Å²) in [6.45, 7) is 11.1. The van der Waals surface area contributed by atoms with Gasteiger partial charge >= 0.3 is 23.9 Å². The van der Waals surface area contributed by atoms with Crippen molar-refractivity contribution in [2.45, 2.75) is 189 Å². The van der Waals surface area contributed by atoms with Crippen LogP contribution in [-0.2, 0) is 35.1 Å². The molecule has 0 radical (unpaired) electrons. The van der Waals surface area contributed by atoms with Crippen LogP contribution < -0.4 is 47.9 Å². The van der Waals surface area contributed by atoms with E-state index in [2.05, 4.69) is 323 Å². The van der Waals surface area contributed by atoms with Gasteiger partial charge in [0.15, 0.2) is 12.5 Å². The van der Waals surface area contributed by atoms with Crippen LogP contribution >= 0.6 is 0 Å². The van der Waals surface area contributed by atoms with Crippen molar-refractivity contribution in [1.82, 2.24) is 47.9 Å². The lowest BCUT2D eigenvalue weighted by molar-refractivity contribution is -0.165. The van der Waals surface area contributed by atoms with Gasteiger partial charge in [0, 0.05) is 96.6 Å². The minimum Gasteiger partial charge on any atom is -0.480 e. The Kier molecular flexibility index (Phi) is 38.4. The number of carbonyl (C=O) groups excluding carboxylic acids is 2. The predicted octanol–water partition coefficient (Wildman–Crippen LogP) is 21.0. The second kappa shape index (κ2) is 51.2. The van der Waals surface area contributed by atoms with E-state index in [1.807, 2.05) is 133 Å². The molecule has 0 aromatic heterocycles. The van der Waals surface area contributed by atoms with Gasteiger partial charge in [0.25, 0.3) is 0 Å². The fourth-order valence-corrected chi connectivity index (χ4v) is 19.7. The largest absolute Gasteiger partial charge is 0.480 e. The maximum Gasteiger partial charge on any atom is 0.338 e. The maximum atomic E-state index is 12.9. The van der Waals surface area contributed by atoms with Crippen LogP contribution in [0.5, 0.6) is 0 Å². The number of hydrogen-bond donors (Lipinski definition) is 12. The number of nitrogens with one attached hydrogen (secondary N) is 9. The molecule has 13 aromatic carbocycles. The van der Waals surface area contributed by atoms with Crippen molar-refractivity contribution in [3.8, 4) is 0 Å². The number of carboxylic acids is 2. The average molecular weight is 1810 g/mol. The van der Waals surface area contributed by atoms with E-state index in [0.717, 1.165) is 42.6 Å². The molecule has 7 aliphatic rings. The molecule has 0 bridgehead atoms. The van der Waals surface area contributed by atoms with Gasteiger partial charge in [-0.25, -0.2) is 14.4 Å². The van der Waals surface area contributed by atoms with E-state index in [1.54, 1.807) is 13.8 Å². The first kappa shape index (κ1) is 101. The Hall–Kier alpha value is -12.7. The summed E-state index contributed by atoms with van der Waals surface area (Å²) >= 11 is 0. The minimum atomic E-state index is -1.51. The van der Waals surface area contributed by atoms with Gasteiger partial charge in [-0.15, -0.1) is 0 Å². The third-order valence-corrected chi connectivity index (χ3v) is 26.1. The molecule has 0 spiro atoms. The first-order chi connectivity index (χ1) is 65.0. The van der Waals surface area contributed by atoms with Crippen molar-refractivity contribution in [3.63, 3.8) is 0 Å². The smallest absolute Gasteiger partial charge is 0.338 e. The number of esters is 2.